The molecule has 0 saturated heterocycles. The third-order valence-electron chi connectivity index (χ3n) is 10.6. The van der Waals surface area contributed by atoms with Crippen LogP contribution >= 0.6 is 0 Å². The van der Waals surface area contributed by atoms with Crippen LogP contribution in [-0.4, -0.2) is 19.5 Å². The maximum absolute atomic E-state index is 14.5. The van der Waals surface area contributed by atoms with Crippen molar-refractivity contribution in [1.82, 2.24) is 19.5 Å². The predicted molar refractivity (Wildman–Crippen MR) is 225 cm³/mol. The molecule has 9 rings (SSSR count). The van der Waals surface area contributed by atoms with Crippen molar-refractivity contribution >= 4 is 21.8 Å². The van der Waals surface area contributed by atoms with E-state index in [-0.39, 0.29) is 5.56 Å². The zero-order valence-electron chi connectivity index (χ0n) is 31.8. The summed E-state index contributed by atoms with van der Waals surface area (Å²) in [5, 5.41) is 11.8. The minimum Gasteiger partial charge on any atom is -0.308 e. The molecule has 58 heavy (non-hydrogen) atoms. The van der Waals surface area contributed by atoms with Gasteiger partial charge in [0.05, 0.1) is 33.9 Å². The number of rotatable bonds is 6. The third kappa shape index (κ3) is 6.57. The lowest BCUT2D eigenvalue weighted by Crippen LogP contribution is -2.07. The summed E-state index contributed by atoms with van der Waals surface area (Å²) in [6, 6.07) is 49.5. The molecule has 0 aliphatic rings. The second-order valence-electron chi connectivity index (χ2n) is 14.5. The Kier molecular flexibility index (Phi) is 8.94. The molecule has 7 aromatic carbocycles. The minimum atomic E-state index is -4.55. The van der Waals surface area contributed by atoms with Crippen LogP contribution in [0.15, 0.2) is 152 Å². The number of aromatic nitrogens is 4. The summed E-state index contributed by atoms with van der Waals surface area (Å²) in [4.78, 5) is 14.9. The van der Waals surface area contributed by atoms with Gasteiger partial charge in [-0.3, -0.25) is 0 Å². The Bertz CT molecular complexity index is 3030. The standard InChI is InChI=1S/C50H34F3N5/c1-30-14-19-38(32(3)24-30)36-17-22-44-41(27-36)42-28-37(39-20-15-31(2)25-43(39)50(51,52)53)18-23-45(42)58(44)46-26-33(29-54)16-21-40(46)49-56-47(34-10-6-4-7-11-34)55-48(57-49)35-12-8-5-9-13-35/h4-28H,1-3H3. The topological polar surface area (TPSA) is 67.4 Å². The van der Waals surface area contributed by atoms with Gasteiger partial charge in [-0.1, -0.05) is 114 Å². The van der Waals surface area contributed by atoms with Crippen molar-refractivity contribution in [3.8, 4) is 68.2 Å². The molecular weight excluding hydrogens is 728 g/mol. The lowest BCUT2D eigenvalue weighted by molar-refractivity contribution is -0.137. The van der Waals surface area contributed by atoms with Gasteiger partial charge in [-0.25, -0.2) is 15.0 Å². The Balaban J connectivity index is 1.35. The van der Waals surface area contributed by atoms with Gasteiger partial charge < -0.3 is 4.57 Å². The molecule has 280 valence electrons. The lowest BCUT2D eigenvalue weighted by atomic mass is 9.95. The number of nitrogens with zero attached hydrogens (tertiary/aromatic N) is 5. The van der Waals surface area contributed by atoms with E-state index in [2.05, 4.69) is 54.8 Å². The van der Waals surface area contributed by atoms with Crippen molar-refractivity contribution in [2.24, 2.45) is 0 Å². The fraction of sp³-hybridized carbons (Fsp3) is 0.0800. The summed E-state index contributed by atoms with van der Waals surface area (Å²) in [7, 11) is 0. The van der Waals surface area contributed by atoms with E-state index in [1.807, 2.05) is 91.0 Å². The molecule has 0 aliphatic heterocycles. The predicted octanol–water partition coefficient (Wildman–Crippen LogP) is 13.1. The summed E-state index contributed by atoms with van der Waals surface area (Å²) in [5.74, 6) is 1.38. The fourth-order valence-electron chi connectivity index (χ4n) is 7.80. The lowest BCUT2D eigenvalue weighted by Gasteiger charge is -2.16. The van der Waals surface area contributed by atoms with Crippen molar-refractivity contribution in [3.63, 3.8) is 0 Å². The highest BCUT2D eigenvalue weighted by Gasteiger charge is 2.34. The van der Waals surface area contributed by atoms with Crippen molar-refractivity contribution in [1.29, 1.82) is 5.26 Å². The van der Waals surface area contributed by atoms with Gasteiger partial charge in [0.2, 0.25) is 0 Å². The Morgan fingerprint density at radius 2 is 1.02 bits per heavy atom. The smallest absolute Gasteiger partial charge is 0.308 e. The van der Waals surface area contributed by atoms with Gasteiger partial charge in [0.1, 0.15) is 0 Å². The van der Waals surface area contributed by atoms with Crippen LogP contribution < -0.4 is 0 Å². The van der Waals surface area contributed by atoms with Gasteiger partial charge >= 0.3 is 6.18 Å². The summed E-state index contributed by atoms with van der Waals surface area (Å²) in [6.07, 6.45) is -4.55. The number of alkyl halides is 3. The van der Waals surface area contributed by atoms with E-state index in [1.165, 1.54) is 6.07 Å². The van der Waals surface area contributed by atoms with Crippen LogP contribution in [0.1, 0.15) is 27.8 Å². The van der Waals surface area contributed by atoms with Crippen LogP contribution in [-0.2, 0) is 6.18 Å². The second-order valence-corrected chi connectivity index (χ2v) is 14.5. The van der Waals surface area contributed by atoms with E-state index in [9.17, 15) is 18.4 Å². The number of hydrogen-bond donors (Lipinski definition) is 0. The quantitative estimate of drug-likeness (QED) is 0.169. The van der Waals surface area contributed by atoms with Gasteiger partial charge in [-0.05, 0) is 97.1 Å². The van der Waals surface area contributed by atoms with E-state index in [1.54, 1.807) is 31.2 Å². The largest absolute Gasteiger partial charge is 0.417 e. The molecular formula is C50H34F3N5. The SMILES string of the molecule is Cc1ccc(-c2ccc3c(c2)c2cc(-c4ccc(C)cc4C(F)(F)F)ccc2n3-c2cc(C#N)ccc2-c2nc(-c3ccccc3)nc(-c3ccccc3)n2)c(C)c1. The molecule has 0 spiro atoms. The van der Waals surface area contributed by atoms with E-state index in [0.29, 0.717) is 45.4 Å². The Labute approximate surface area is 333 Å². The molecule has 0 amide bonds. The summed E-state index contributed by atoms with van der Waals surface area (Å²) < 4.78 is 45.6. The minimum absolute atomic E-state index is 0.102. The first-order chi connectivity index (χ1) is 28.1. The van der Waals surface area contributed by atoms with Crippen molar-refractivity contribution in [2.45, 2.75) is 26.9 Å². The number of benzene rings is 7. The van der Waals surface area contributed by atoms with Gasteiger partial charge in [-0.15, -0.1) is 0 Å². The highest BCUT2D eigenvalue weighted by molar-refractivity contribution is 6.12. The summed E-state index contributed by atoms with van der Waals surface area (Å²) >= 11 is 0. The molecule has 9 aromatic rings. The molecule has 0 fully saturated rings. The Hall–Kier alpha value is -7.37. The fourth-order valence-corrected chi connectivity index (χ4v) is 7.80. The number of nitriles is 1. The molecule has 5 nitrogen and oxygen atoms in total. The zero-order chi connectivity index (χ0) is 40.1. The van der Waals surface area contributed by atoms with Crippen molar-refractivity contribution in [3.05, 3.63) is 179 Å². The number of hydrogen-bond acceptors (Lipinski definition) is 4. The average molecular weight is 762 g/mol. The van der Waals surface area contributed by atoms with Crippen molar-refractivity contribution in [2.75, 3.05) is 0 Å². The molecule has 0 bridgehead atoms. The van der Waals surface area contributed by atoms with Gasteiger partial charge in [-0.2, -0.15) is 18.4 Å². The molecule has 0 unspecified atom stereocenters. The molecule has 0 saturated carbocycles. The van der Waals surface area contributed by atoms with Crippen molar-refractivity contribution < 1.29 is 13.2 Å². The molecule has 0 N–H and O–H groups in total. The van der Waals surface area contributed by atoms with Crippen LogP contribution in [0, 0.1) is 32.1 Å². The normalized spacial score (nSPS) is 11.6. The molecule has 2 aromatic heterocycles. The monoisotopic (exact) mass is 761 g/mol. The molecule has 0 aliphatic carbocycles. The van der Waals surface area contributed by atoms with Crippen LogP contribution in [0.2, 0.25) is 0 Å². The Morgan fingerprint density at radius 3 is 1.57 bits per heavy atom. The first kappa shape index (κ1) is 36.3. The van der Waals surface area contributed by atoms with E-state index in [4.69, 9.17) is 15.0 Å². The maximum atomic E-state index is 14.5. The van der Waals surface area contributed by atoms with Gasteiger partial charge in [0.15, 0.2) is 17.5 Å². The molecule has 2 heterocycles. The summed E-state index contributed by atoms with van der Waals surface area (Å²) in [5.41, 5.74) is 9.57. The summed E-state index contributed by atoms with van der Waals surface area (Å²) in [6.45, 7) is 5.79. The second kappa shape index (κ2) is 14.3. The Morgan fingerprint density at radius 1 is 0.500 bits per heavy atom. The molecule has 8 heteroatoms. The van der Waals surface area contributed by atoms with Crippen LogP contribution in [0.3, 0.4) is 0 Å². The maximum Gasteiger partial charge on any atom is 0.417 e. The van der Waals surface area contributed by atoms with Gasteiger partial charge in [0.25, 0.3) is 0 Å². The molecule has 0 atom stereocenters. The van der Waals surface area contributed by atoms with Crippen LogP contribution in [0.5, 0.6) is 0 Å². The van der Waals surface area contributed by atoms with E-state index >= 15 is 0 Å². The molecule has 0 radical (unpaired) electrons. The van der Waals surface area contributed by atoms with E-state index in [0.717, 1.165) is 55.2 Å². The zero-order valence-corrected chi connectivity index (χ0v) is 31.8. The number of fused-ring (bicyclic) bond motifs is 3. The number of halogens is 3. The number of aryl methyl sites for hydroxylation is 3. The first-order valence-corrected chi connectivity index (χ1v) is 18.8. The average Bonchev–Trinajstić information content (AvgIpc) is 3.56. The third-order valence-corrected chi connectivity index (χ3v) is 10.6. The van der Waals surface area contributed by atoms with Crippen LogP contribution in [0.25, 0.3) is 83.9 Å². The van der Waals surface area contributed by atoms with Crippen LogP contribution in [0.4, 0.5) is 13.2 Å². The highest BCUT2D eigenvalue weighted by atomic mass is 19.4. The van der Waals surface area contributed by atoms with Gasteiger partial charge in [0, 0.05) is 27.5 Å². The first-order valence-electron chi connectivity index (χ1n) is 18.8. The highest BCUT2D eigenvalue weighted by Crippen LogP contribution is 2.43. The van der Waals surface area contributed by atoms with E-state index < -0.39 is 11.7 Å².